The Hall–Kier alpha value is -0.790. The summed E-state index contributed by atoms with van der Waals surface area (Å²) in [6.45, 7) is 1.92. The van der Waals surface area contributed by atoms with E-state index in [9.17, 15) is 13.2 Å². The molecule has 0 radical (unpaired) electrons. The highest BCUT2D eigenvalue weighted by Gasteiger charge is 2.37. The molecule has 116 valence electrons. The molecule has 0 amide bonds. The fraction of sp³-hybridized carbons (Fsp3) is 0.750. The van der Waals surface area contributed by atoms with Crippen LogP contribution >= 0.6 is 12.4 Å². The lowest BCUT2D eigenvalue weighted by molar-refractivity contribution is -0.144. The van der Waals surface area contributed by atoms with Gasteiger partial charge in [0.15, 0.2) is 0 Å². The zero-order valence-electron chi connectivity index (χ0n) is 11.6. The van der Waals surface area contributed by atoms with E-state index in [2.05, 4.69) is 15.3 Å². The fourth-order valence-electron chi connectivity index (χ4n) is 2.64. The smallest absolute Gasteiger partial charge is 0.316 e. The summed E-state index contributed by atoms with van der Waals surface area (Å²) in [5, 5.41) is 6.93. The second-order valence-electron chi connectivity index (χ2n) is 5.00. The van der Waals surface area contributed by atoms with E-state index >= 15 is 0 Å². The lowest BCUT2D eigenvalue weighted by Crippen LogP contribution is -2.44. The third-order valence-corrected chi connectivity index (χ3v) is 3.59. The first kappa shape index (κ1) is 17.3. The number of rotatable bonds is 3. The van der Waals surface area contributed by atoms with E-state index in [1.165, 1.54) is 13.2 Å². The molecule has 1 aromatic heterocycles. The molecule has 1 N–H and O–H groups in total. The molecule has 0 spiro atoms. The summed E-state index contributed by atoms with van der Waals surface area (Å²) in [5.41, 5.74) is -0.383. The van der Waals surface area contributed by atoms with E-state index in [0.717, 1.165) is 30.6 Å². The normalized spacial score (nSPS) is 20.8. The van der Waals surface area contributed by atoms with Gasteiger partial charge in [0.2, 0.25) is 0 Å². The van der Waals surface area contributed by atoms with Gasteiger partial charge in [0.25, 0.3) is 0 Å². The molecule has 2 heterocycles. The van der Waals surface area contributed by atoms with E-state index in [4.69, 9.17) is 0 Å². The SMILES string of the molecule is CNC1CCCN(Cc2cnn(C)c2C(F)(F)F)C1.Cl. The summed E-state index contributed by atoms with van der Waals surface area (Å²) in [4.78, 5) is 2.05. The molecule has 1 atom stereocenters. The standard InChI is InChI=1S/C12H19F3N4.ClH/c1-16-10-4-3-5-19(8-10)7-9-6-17-18(2)11(9)12(13,14)15;/h6,10,16H,3-5,7-8H2,1-2H3;1H. The molecule has 0 bridgehead atoms. The largest absolute Gasteiger partial charge is 0.433 e. The lowest BCUT2D eigenvalue weighted by Gasteiger charge is -2.32. The van der Waals surface area contributed by atoms with E-state index < -0.39 is 11.9 Å². The van der Waals surface area contributed by atoms with Gasteiger partial charge in [-0.25, -0.2) is 0 Å². The Morgan fingerprint density at radius 2 is 2.15 bits per heavy atom. The number of nitrogens with one attached hydrogen (secondary N) is 1. The van der Waals surface area contributed by atoms with Crippen LogP contribution in [-0.2, 0) is 19.8 Å². The van der Waals surface area contributed by atoms with E-state index in [1.54, 1.807) is 0 Å². The predicted molar refractivity (Wildman–Crippen MR) is 72.8 cm³/mol. The number of piperidine rings is 1. The van der Waals surface area contributed by atoms with Crippen LogP contribution in [0.25, 0.3) is 0 Å². The Labute approximate surface area is 122 Å². The van der Waals surface area contributed by atoms with Crippen molar-refractivity contribution in [2.75, 3.05) is 20.1 Å². The molecular weight excluding hydrogens is 293 g/mol. The number of nitrogens with zero attached hydrogens (tertiary/aromatic N) is 3. The van der Waals surface area contributed by atoms with Gasteiger partial charge in [-0.15, -0.1) is 12.4 Å². The molecule has 4 nitrogen and oxygen atoms in total. The zero-order chi connectivity index (χ0) is 14.0. The van der Waals surface area contributed by atoms with Crippen molar-refractivity contribution in [1.29, 1.82) is 0 Å². The molecule has 1 aromatic rings. The van der Waals surface area contributed by atoms with Gasteiger partial charge in [-0.3, -0.25) is 9.58 Å². The van der Waals surface area contributed by atoms with Crippen LogP contribution in [0.3, 0.4) is 0 Å². The molecule has 0 aromatic carbocycles. The zero-order valence-corrected chi connectivity index (χ0v) is 12.4. The Balaban J connectivity index is 0.00000200. The molecule has 1 fully saturated rings. The first-order chi connectivity index (χ1) is 8.91. The summed E-state index contributed by atoms with van der Waals surface area (Å²) in [6, 6.07) is 0.361. The van der Waals surface area contributed by atoms with Gasteiger partial charge in [-0.2, -0.15) is 18.3 Å². The maximum absolute atomic E-state index is 12.9. The van der Waals surface area contributed by atoms with Crippen molar-refractivity contribution >= 4 is 12.4 Å². The summed E-state index contributed by atoms with van der Waals surface area (Å²) in [5.74, 6) is 0. The number of aromatic nitrogens is 2. The molecule has 1 saturated heterocycles. The molecule has 1 unspecified atom stereocenters. The molecule has 8 heteroatoms. The average Bonchev–Trinajstić information content (AvgIpc) is 2.70. The molecule has 1 aliphatic heterocycles. The molecule has 20 heavy (non-hydrogen) atoms. The van der Waals surface area contributed by atoms with Crippen LogP contribution < -0.4 is 5.32 Å². The molecule has 0 saturated carbocycles. The Morgan fingerprint density at radius 3 is 2.75 bits per heavy atom. The third kappa shape index (κ3) is 3.86. The van der Waals surface area contributed by atoms with Crippen molar-refractivity contribution in [2.45, 2.75) is 31.6 Å². The van der Waals surface area contributed by atoms with E-state index in [-0.39, 0.29) is 18.0 Å². The highest BCUT2D eigenvalue weighted by molar-refractivity contribution is 5.85. The molecule has 2 rings (SSSR count). The van der Waals surface area contributed by atoms with Crippen LogP contribution in [0.2, 0.25) is 0 Å². The van der Waals surface area contributed by atoms with Crippen LogP contribution in [0.4, 0.5) is 13.2 Å². The van der Waals surface area contributed by atoms with Crippen LogP contribution in [0.5, 0.6) is 0 Å². The molecule has 1 aliphatic rings. The van der Waals surface area contributed by atoms with Crippen molar-refractivity contribution in [3.05, 3.63) is 17.5 Å². The van der Waals surface area contributed by atoms with Gasteiger partial charge >= 0.3 is 6.18 Å². The highest BCUT2D eigenvalue weighted by atomic mass is 35.5. The van der Waals surface area contributed by atoms with Crippen molar-refractivity contribution in [1.82, 2.24) is 20.0 Å². The van der Waals surface area contributed by atoms with E-state index in [1.807, 2.05) is 7.05 Å². The number of alkyl halides is 3. The van der Waals surface area contributed by atoms with Crippen LogP contribution in [0.15, 0.2) is 6.20 Å². The first-order valence-electron chi connectivity index (χ1n) is 6.39. The topological polar surface area (TPSA) is 33.1 Å². The van der Waals surface area contributed by atoms with Gasteiger partial charge in [-0.1, -0.05) is 0 Å². The number of hydrogen-bond donors (Lipinski definition) is 1. The molecule has 0 aliphatic carbocycles. The van der Waals surface area contributed by atoms with E-state index in [0.29, 0.717) is 12.6 Å². The van der Waals surface area contributed by atoms with Gasteiger partial charge < -0.3 is 5.32 Å². The van der Waals surface area contributed by atoms with Gasteiger partial charge in [0, 0.05) is 31.7 Å². The lowest BCUT2D eigenvalue weighted by atomic mass is 10.1. The predicted octanol–water partition coefficient (Wildman–Crippen LogP) is 2.04. The number of aryl methyl sites for hydroxylation is 1. The Bertz CT molecular complexity index is 433. The Kier molecular flexibility index (Phi) is 5.85. The van der Waals surface area contributed by atoms with Crippen LogP contribution in [0.1, 0.15) is 24.1 Å². The number of hydrogen-bond acceptors (Lipinski definition) is 3. The van der Waals surface area contributed by atoms with Crippen molar-refractivity contribution in [2.24, 2.45) is 7.05 Å². The first-order valence-corrected chi connectivity index (χ1v) is 6.39. The van der Waals surface area contributed by atoms with Gasteiger partial charge in [0.1, 0.15) is 5.69 Å². The highest BCUT2D eigenvalue weighted by Crippen LogP contribution is 2.32. The summed E-state index contributed by atoms with van der Waals surface area (Å²) < 4.78 is 39.8. The minimum absolute atomic E-state index is 0. The van der Waals surface area contributed by atoms with Crippen molar-refractivity contribution in [3.8, 4) is 0 Å². The van der Waals surface area contributed by atoms with Crippen molar-refractivity contribution < 1.29 is 13.2 Å². The quantitative estimate of drug-likeness (QED) is 0.927. The minimum atomic E-state index is -4.35. The number of likely N-dealkylation sites (N-methyl/N-ethyl adjacent to an activating group) is 1. The molecular formula is C12H20ClF3N4. The Morgan fingerprint density at radius 1 is 1.45 bits per heavy atom. The summed E-state index contributed by atoms with van der Waals surface area (Å²) in [7, 11) is 3.22. The second-order valence-corrected chi connectivity index (χ2v) is 5.00. The number of likely N-dealkylation sites (tertiary alicyclic amines) is 1. The average molecular weight is 313 g/mol. The summed E-state index contributed by atoms with van der Waals surface area (Å²) >= 11 is 0. The fourth-order valence-corrected chi connectivity index (χ4v) is 2.64. The second kappa shape index (κ2) is 6.78. The maximum atomic E-state index is 12.9. The summed E-state index contributed by atoms with van der Waals surface area (Å²) in [6.07, 6.45) is -0.941. The van der Waals surface area contributed by atoms with Crippen molar-refractivity contribution in [3.63, 3.8) is 0 Å². The van der Waals surface area contributed by atoms with Gasteiger partial charge in [-0.05, 0) is 26.4 Å². The van der Waals surface area contributed by atoms with Crippen LogP contribution in [0, 0.1) is 0 Å². The van der Waals surface area contributed by atoms with Gasteiger partial charge in [0.05, 0.1) is 6.20 Å². The monoisotopic (exact) mass is 312 g/mol. The third-order valence-electron chi connectivity index (χ3n) is 3.59. The van der Waals surface area contributed by atoms with Crippen LogP contribution in [-0.4, -0.2) is 40.9 Å². The maximum Gasteiger partial charge on any atom is 0.433 e. The minimum Gasteiger partial charge on any atom is -0.316 e. The number of halogens is 4.